The second-order valence-corrected chi connectivity index (χ2v) is 4.66. The molecule has 5 heteroatoms. The van der Waals surface area contributed by atoms with Crippen molar-refractivity contribution in [1.82, 2.24) is 9.88 Å². The van der Waals surface area contributed by atoms with Gasteiger partial charge < -0.3 is 5.73 Å². The Morgan fingerprint density at radius 3 is 3.27 bits per heavy atom. The molecule has 1 aromatic rings. The third-order valence-corrected chi connectivity index (χ3v) is 3.60. The molecule has 4 nitrogen and oxygen atoms in total. The fraction of sp³-hybridized carbons (Fsp3) is 0.600. The molecule has 0 spiro atoms. The minimum absolute atomic E-state index is 0.116. The third kappa shape index (κ3) is 2.42. The minimum atomic E-state index is 0.116. The Hall–Kier alpha value is -0.780. The number of thiazole rings is 1. The summed E-state index contributed by atoms with van der Waals surface area (Å²) in [7, 11) is 0. The molecule has 0 aliphatic carbocycles. The number of hydrogen-bond acceptors (Lipinski definition) is 5. The van der Waals surface area contributed by atoms with Crippen molar-refractivity contribution in [2.75, 3.05) is 19.6 Å². The van der Waals surface area contributed by atoms with E-state index in [-0.39, 0.29) is 5.78 Å². The molecule has 1 saturated heterocycles. The highest BCUT2D eigenvalue weighted by Crippen LogP contribution is 2.17. The average molecular weight is 225 g/mol. The Bertz CT molecular complexity index is 325. The second kappa shape index (κ2) is 4.83. The first-order valence-corrected chi connectivity index (χ1v) is 6.06. The number of ketones is 1. The number of rotatable bonds is 4. The molecule has 1 fully saturated rings. The van der Waals surface area contributed by atoms with Crippen LogP contribution in [0.5, 0.6) is 0 Å². The lowest BCUT2D eigenvalue weighted by Gasteiger charge is -2.21. The van der Waals surface area contributed by atoms with Gasteiger partial charge in [-0.05, 0) is 19.4 Å². The van der Waals surface area contributed by atoms with Crippen molar-refractivity contribution in [1.29, 1.82) is 0 Å². The van der Waals surface area contributed by atoms with E-state index in [1.165, 1.54) is 11.3 Å². The largest absolute Gasteiger partial charge is 0.329 e. The monoisotopic (exact) mass is 225 g/mol. The van der Waals surface area contributed by atoms with E-state index in [2.05, 4.69) is 9.88 Å². The first-order valence-electron chi connectivity index (χ1n) is 5.18. The van der Waals surface area contributed by atoms with Crippen LogP contribution in [0.1, 0.15) is 22.6 Å². The molecule has 0 aromatic carbocycles. The van der Waals surface area contributed by atoms with Crippen molar-refractivity contribution in [2.45, 2.75) is 18.9 Å². The molecule has 82 valence electrons. The molecule has 0 amide bonds. The van der Waals surface area contributed by atoms with E-state index >= 15 is 0 Å². The summed E-state index contributed by atoms with van der Waals surface area (Å²) in [6.07, 6.45) is 3.93. The Kier molecular flexibility index (Phi) is 3.45. The smallest absolute Gasteiger partial charge is 0.205 e. The van der Waals surface area contributed by atoms with Crippen LogP contribution in [0.4, 0.5) is 0 Å². The summed E-state index contributed by atoms with van der Waals surface area (Å²) in [6.45, 7) is 2.10. The number of Topliss-reactive ketones (excluding diaryl/α,β-unsaturated/α-hetero) is 1. The van der Waals surface area contributed by atoms with Crippen LogP contribution < -0.4 is 5.73 Å². The Labute approximate surface area is 93.1 Å². The van der Waals surface area contributed by atoms with Gasteiger partial charge in [-0.25, -0.2) is 4.98 Å². The van der Waals surface area contributed by atoms with E-state index in [0.717, 1.165) is 19.4 Å². The van der Waals surface area contributed by atoms with Gasteiger partial charge in [-0.1, -0.05) is 0 Å². The summed E-state index contributed by atoms with van der Waals surface area (Å²) in [5, 5.41) is 2.44. The number of carbonyl (C=O) groups excluding carboxylic acids is 1. The topological polar surface area (TPSA) is 59.2 Å². The van der Waals surface area contributed by atoms with E-state index in [0.29, 0.717) is 24.1 Å². The van der Waals surface area contributed by atoms with Gasteiger partial charge in [0.15, 0.2) is 5.01 Å². The molecule has 2 heterocycles. The number of aromatic nitrogens is 1. The zero-order valence-corrected chi connectivity index (χ0v) is 9.37. The van der Waals surface area contributed by atoms with Crippen LogP contribution >= 0.6 is 11.3 Å². The number of likely N-dealkylation sites (tertiary alicyclic amines) is 1. The lowest BCUT2D eigenvalue weighted by atomic mass is 10.2. The van der Waals surface area contributed by atoms with E-state index < -0.39 is 0 Å². The van der Waals surface area contributed by atoms with Crippen LogP contribution in [0.25, 0.3) is 0 Å². The molecule has 1 aliphatic heterocycles. The van der Waals surface area contributed by atoms with Crippen LogP contribution in [0.3, 0.4) is 0 Å². The normalized spacial score (nSPS) is 22.1. The highest BCUT2D eigenvalue weighted by Gasteiger charge is 2.25. The summed E-state index contributed by atoms with van der Waals surface area (Å²) in [6, 6.07) is 0.383. The van der Waals surface area contributed by atoms with Crippen LogP contribution in [0, 0.1) is 0 Å². The lowest BCUT2D eigenvalue weighted by Crippen LogP contribution is -2.38. The van der Waals surface area contributed by atoms with Crippen molar-refractivity contribution in [3.8, 4) is 0 Å². The molecular weight excluding hydrogens is 210 g/mol. The van der Waals surface area contributed by atoms with Crippen LogP contribution in [0.2, 0.25) is 0 Å². The third-order valence-electron chi connectivity index (χ3n) is 2.79. The molecule has 1 aliphatic rings. The maximum Gasteiger partial charge on any atom is 0.205 e. The van der Waals surface area contributed by atoms with E-state index in [9.17, 15) is 4.79 Å². The van der Waals surface area contributed by atoms with E-state index in [1.807, 2.05) is 5.38 Å². The average Bonchev–Trinajstić information content (AvgIpc) is 2.87. The fourth-order valence-electron chi connectivity index (χ4n) is 1.98. The molecule has 0 radical (unpaired) electrons. The molecule has 1 unspecified atom stereocenters. The molecule has 0 bridgehead atoms. The summed E-state index contributed by atoms with van der Waals surface area (Å²) in [5.74, 6) is 0.116. The van der Waals surface area contributed by atoms with Crippen LogP contribution in [-0.2, 0) is 0 Å². The van der Waals surface area contributed by atoms with Gasteiger partial charge in [0.05, 0.1) is 6.54 Å². The maximum absolute atomic E-state index is 11.8. The second-order valence-electron chi connectivity index (χ2n) is 3.76. The van der Waals surface area contributed by atoms with Gasteiger partial charge in [-0.15, -0.1) is 11.3 Å². The predicted molar refractivity (Wildman–Crippen MR) is 60.1 cm³/mol. The zero-order chi connectivity index (χ0) is 10.7. The summed E-state index contributed by atoms with van der Waals surface area (Å²) >= 11 is 1.40. The molecule has 0 saturated carbocycles. The molecule has 1 aromatic heterocycles. The SMILES string of the molecule is NCC1CCCN1CC(=O)c1nccs1. The van der Waals surface area contributed by atoms with Gasteiger partial charge in [-0.2, -0.15) is 0 Å². The minimum Gasteiger partial charge on any atom is -0.329 e. The van der Waals surface area contributed by atoms with Crippen molar-refractivity contribution < 1.29 is 4.79 Å². The van der Waals surface area contributed by atoms with Gasteiger partial charge >= 0.3 is 0 Å². The standard InChI is InChI=1S/C10H15N3OS/c11-6-8-2-1-4-13(8)7-9(14)10-12-3-5-15-10/h3,5,8H,1-2,4,6-7,11H2. The number of nitrogens with zero attached hydrogens (tertiary/aromatic N) is 2. The van der Waals surface area contributed by atoms with E-state index in [1.54, 1.807) is 6.20 Å². The van der Waals surface area contributed by atoms with Crippen molar-refractivity contribution in [2.24, 2.45) is 5.73 Å². The molecular formula is C10H15N3OS. The highest BCUT2D eigenvalue weighted by molar-refractivity contribution is 7.11. The van der Waals surface area contributed by atoms with Crippen LogP contribution in [0.15, 0.2) is 11.6 Å². The molecule has 2 rings (SSSR count). The summed E-state index contributed by atoms with van der Waals surface area (Å²) in [5.41, 5.74) is 5.65. The van der Waals surface area contributed by atoms with Crippen molar-refractivity contribution in [3.05, 3.63) is 16.6 Å². The quantitative estimate of drug-likeness (QED) is 0.768. The van der Waals surface area contributed by atoms with Gasteiger partial charge in [0.1, 0.15) is 0 Å². The summed E-state index contributed by atoms with van der Waals surface area (Å²) in [4.78, 5) is 18.0. The Morgan fingerprint density at radius 1 is 1.73 bits per heavy atom. The predicted octanol–water partition coefficient (Wildman–Crippen LogP) is 0.749. The zero-order valence-electron chi connectivity index (χ0n) is 8.56. The molecule has 15 heavy (non-hydrogen) atoms. The molecule has 1 atom stereocenters. The fourth-order valence-corrected chi connectivity index (χ4v) is 2.55. The Balaban J connectivity index is 1.94. The highest BCUT2D eigenvalue weighted by atomic mass is 32.1. The first kappa shape index (κ1) is 10.7. The maximum atomic E-state index is 11.8. The number of hydrogen-bond donors (Lipinski definition) is 1. The van der Waals surface area contributed by atoms with Gasteiger partial charge in [0.25, 0.3) is 0 Å². The van der Waals surface area contributed by atoms with E-state index in [4.69, 9.17) is 5.73 Å². The first-order chi connectivity index (χ1) is 7.31. The van der Waals surface area contributed by atoms with Crippen molar-refractivity contribution >= 4 is 17.1 Å². The van der Waals surface area contributed by atoms with Gasteiger partial charge in [0.2, 0.25) is 5.78 Å². The molecule has 2 N–H and O–H groups in total. The van der Waals surface area contributed by atoms with Gasteiger partial charge in [-0.3, -0.25) is 9.69 Å². The number of nitrogens with two attached hydrogens (primary N) is 1. The van der Waals surface area contributed by atoms with Crippen LogP contribution in [-0.4, -0.2) is 41.3 Å². The Morgan fingerprint density at radius 2 is 2.60 bits per heavy atom. The summed E-state index contributed by atoms with van der Waals surface area (Å²) < 4.78 is 0. The van der Waals surface area contributed by atoms with Gasteiger partial charge in [0, 0.05) is 24.2 Å². The number of carbonyl (C=O) groups is 1. The lowest BCUT2D eigenvalue weighted by molar-refractivity contribution is 0.0923. The van der Waals surface area contributed by atoms with Crippen molar-refractivity contribution in [3.63, 3.8) is 0 Å².